The Morgan fingerprint density at radius 2 is 2.05 bits per heavy atom. The molecule has 1 aliphatic carbocycles. The predicted molar refractivity (Wildman–Crippen MR) is 64.3 cm³/mol. The first kappa shape index (κ1) is 13.3. The van der Waals surface area contributed by atoms with Crippen molar-refractivity contribution in [3.8, 4) is 5.75 Å². The van der Waals surface area contributed by atoms with Gasteiger partial charge in [0.15, 0.2) is 0 Å². The number of rotatable bonds is 3. The number of nitrogens with one attached hydrogen (secondary N) is 1. The molecule has 3 N–H and O–H groups in total. The Bertz CT molecular complexity index is 517. The number of carboxylic acid groups (broad SMARTS) is 1. The van der Waals surface area contributed by atoms with Crippen molar-refractivity contribution in [3.05, 3.63) is 29.6 Å². The molecule has 0 bridgehead atoms. The SMILES string of the molecule is O=C(NC1CCC(C(=O)O)C1)c1cc(F)ccc1O. The molecule has 1 saturated carbocycles. The zero-order chi connectivity index (χ0) is 14.0. The molecule has 6 heteroatoms. The molecule has 0 spiro atoms. The first-order chi connectivity index (χ1) is 8.97. The van der Waals surface area contributed by atoms with Gasteiger partial charge in [-0.25, -0.2) is 4.39 Å². The molecule has 102 valence electrons. The summed E-state index contributed by atoms with van der Waals surface area (Å²) in [5, 5.41) is 21.0. The molecule has 0 aliphatic heterocycles. The molecular formula is C13H14FNO4. The topological polar surface area (TPSA) is 86.6 Å². The van der Waals surface area contributed by atoms with Gasteiger partial charge in [0.2, 0.25) is 0 Å². The lowest BCUT2D eigenvalue weighted by Gasteiger charge is -2.13. The van der Waals surface area contributed by atoms with Crippen molar-refractivity contribution in [1.29, 1.82) is 0 Å². The van der Waals surface area contributed by atoms with Crippen LogP contribution < -0.4 is 5.32 Å². The number of phenols is 1. The lowest BCUT2D eigenvalue weighted by Crippen LogP contribution is -2.33. The van der Waals surface area contributed by atoms with Crippen molar-refractivity contribution < 1.29 is 24.2 Å². The summed E-state index contributed by atoms with van der Waals surface area (Å²) in [6.07, 6.45) is 1.44. The van der Waals surface area contributed by atoms with Crippen LogP contribution in [0.2, 0.25) is 0 Å². The maximum atomic E-state index is 13.0. The summed E-state index contributed by atoms with van der Waals surface area (Å²) >= 11 is 0. The third kappa shape index (κ3) is 3.01. The molecule has 1 fully saturated rings. The first-order valence-electron chi connectivity index (χ1n) is 5.99. The van der Waals surface area contributed by atoms with E-state index in [2.05, 4.69) is 5.32 Å². The van der Waals surface area contributed by atoms with Gasteiger partial charge in [0.25, 0.3) is 5.91 Å². The second-order valence-corrected chi connectivity index (χ2v) is 4.68. The third-order valence-electron chi connectivity index (χ3n) is 3.32. The summed E-state index contributed by atoms with van der Waals surface area (Å²) in [6, 6.07) is 2.87. The second kappa shape index (κ2) is 5.26. The highest BCUT2D eigenvalue weighted by atomic mass is 19.1. The van der Waals surface area contributed by atoms with Crippen molar-refractivity contribution in [2.45, 2.75) is 25.3 Å². The van der Waals surface area contributed by atoms with Gasteiger partial charge in [-0.1, -0.05) is 0 Å². The van der Waals surface area contributed by atoms with Crippen molar-refractivity contribution in [2.24, 2.45) is 5.92 Å². The van der Waals surface area contributed by atoms with E-state index in [9.17, 15) is 19.1 Å². The fourth-order valence-electron chi connectivity index (χ4n) is 2.29. The molecule has 1 aliphatic rings. The molecule has 0 heterocycles. The molecule has 0 radical (unpaired) electrons. The van der Waals surface area contributed by atoms with Crippen LogP contribution in [0, 0.1) is 11.7 Å². The van der Waals surface area contributed by atoms with Crippen molar-refractivity contribution >= 4 is 11.9 Å². The molecular weight excluding hydrogens is 253 g/mol. The number of carbonyl (C=O) groups excluding carboxylic acids is 1. The molecule has 0 aromatic heterocycles. The summed E-state index contributed by atoms with van der Waals surface area (Å²) in [5.74, 6) is -2.82. The molecule has 2 rings (SSSR count). The number of carboxylic acids is 1. The van der Waals surface area contributed by atoms with Gasteiger partial charge in [0.1, 0.15) is 11.6 Å². The van der Waals surface area contributed by atoms with Crippen LogP contribution >= 0.6 is 0 Å². The van der Waals surface area contributed by atoms with Crippen LogP contribution in [0.4, 0.5) is 4.39 Å². The summed E-state index contributed by atoms with van der Waals surface area (Å²) in [4.78, 5) is 22.7. The molecule has 0 saturated heterocycles. The monoisotopic (exact) mass is 267 g/mol. The number of amides is 1. The first-order valence-corrected chi connectivity index (χ1v) is 5.99. The fourth-order valence-corrected chi connectivity index (χ4v) is 2.29. The van der Waals surface area contributed by atoms with Gasteiger partial charge in [-0.3, -0.25) is 9.59 Å². The minimum Gasteiger partial charge on any atom is -0.507 e. The number of hydrogen-bond donors (Lipinski definition) is 3. The van der Waals surface area contributed by atoms with E-state index in [1.165, 1.54) is 0 Å². The number of halogens is 1. The van der Waals surface area contributed by atoms with Crippen molar-refractivity contribution in [1.82, 2.24) is 5.32 Å². The summed E-state index contributed by atoms with van der Waals surface area (Å²) in [5.41, 5.74) is -0.140. The van der Waals surface area contributed by atoms with E-state index in [1.807, 2.05) is 0 Å². The molecule has 2 atom stereocenters. The second-order valence-electron chi connectivity index (χ2n) is 4.68. The minimum absolute atomic E-state index is 0.140. The van der Waals surface area contributed by atoms with E-state index in [0.29, 0.717) is 19.3 Å². The Balaban J connectivity index is 2.02. The Morgan fingerprint density at radius 1 is 1.32 bits per heavy atom. The smallest absolute Gasteiger partial charge is 0.306 e. The third-order valence-corrected chi connectivity index (χ3v) is 3.32. The summed E-state index contributed by atoms with van der Waals surface area (Å²) in [7, 11) is 0. The minimum atomic E-state index is -0.870. The van der Waals surface area contributed by atoms with Crippen LogP contribution in [0.25, 0.3) is 0 Å². The highest BCUT2D eigenvalue weighted by molar-refractivity contribution is 5.97. The van der Waals surface area contributed by atoms with Gasteiger partial charge < -0.3 is 15.5 Å². The van der Waals surface area contributed by atoms with Crippen LogP contribution in [0.5, 0.6) is 5.75 Å². The zero-order valence-corrected chi connectivity index (χ0v) is 10.1. The van der Waals surface area contributed by atoms with Gasteiger partial charge in [0, 0.05) is 6.04 Å². The maximum absolute atomic E-state index is 13.0. The van der Waals surface area contributed by atoms with Crippen LogP contribution in [0.15, 0.2) is 18.2 Å². The molecule has 1 aromatic rings. The average Bonchev–Trinajstić information content (AvgIpc) is 2.80. The molecule has 2 unspecified atom stereocenters. The molecule has 1 amide bonds. The van der Waals surface area contributed by atoms with Crippen LogP contribution in [0.3, 0.4) is 0 Å². The standard InChI is InChI=1S/C13H14FNO4/c14-8-2-4-11(16)10(6-8)12(17)15-9-3-1-7(5-9)13(18)19/h2,4,6-7,9,16H,1,3,5H2,(H,15,17)(H,18,19). The van der Waals surface area contributed by atoms with Gasteiger partial charge in [-0.15, -0.1) is 0 Å². The zero-order valence-electron chi connectivity index (χ0n) is 10.1. The summed E-state index contributed by atoms with van der Waals surface area (Å²) < 4.78 is 13.0. The predicted octanol–water partition coefficient (Wildman–Crippen LogP) is 1.51. The van der Waals surface area contributed by atoms with E-state index in [-0.39, 0.29) is 17.4 Å². The van der Waals surface area contributed by atoms with Crippen LogP contribution in [0.1, 0.15) is 29.6 Å². The van der Waals surface area contributed by atoms with E-state index in [4.69, 9.17) is 5.11 Å². The number of phenolic OH excluding ortho intramolecular Hbond substituents is 1. The van der Waals surface area contributed by atoms with Gasteiger partial charge in [0.05, 0.1) is 11.5 Å². The Hall–Kier alpha value is -2.11. The normalized spacial score (nSPS) is 22.2. The van der Waals surface area contributed by atoms with E-state index in [1.54, 1.807) is 0 Å². The highest BCUT2D eigenvalue weighted by Crippen LogP contribution is 2.26. The average molecular weight is 267 g/mol. The van der Waals surface area contributed by atoms with E-state index in [0.717, 1.165) is 18.2 Å². The van der Waals surface area contributed by atoms with Gasteiger partial charge >= 0.3 is 5.97 Å². The van der Waals surface area contributed by atoms with Crippen LogP contribution in [-0.2, 0) is 4.79 Å². The van der Waals surface area contributed by atoms with E-state index >= 15 is 0 Å². The maximum Gasteiger partial charge on any atom is 0.306 e. The number of benzene rings is 1. The quantitative estimate of drug-likeness (QED) is 0.774. The lowest BCUT2D eigenvalue weighted by atomic mass is 10.1. The summed E-state index contributed by atoms with van der Waals surface area (Å²) in [6.45, 7) is 0. The van der Waals surface area contributed by atoms with Gasteiger partial charge in [-0.05, 0) is 37.5 Å². The van der Waals surface area contributed by atoms with Crippen molar-refractivity contribution in [3.63, 3.8) is 0 Å². The van der Waals surface area contributed by atoms with E-state index < -0.39 is 23.6 Å². The fraction of sp³-hybridized carbons (Fsp3) is 0.385. The highest BCUT2D eigenvalue weighted by Gasteiger charge is 2.31. The Morgan fingerprint density at radius 3 is 2.68 bits per heavy atom. The number of hydrogen-bond acceptors (Lipinski definition) is 3. The Kier molecular flexibility index (Phi) is 3.69. The Labute approximate surface area is 109 Å². The molecule has 19 heavy (non-hydrogen) atoms. The van der Waals surface area contributed by atoms with Gasteiger partial charge in [-0.2, -0.15) is 0 Å². The number of aromatic hydroxyl groups is 1. The number of aliphatic carboxylic acids is 1. The van der Waals surface area contributed by atoms with Crippen LogP contribution in [-0.4, -0.2) is 28.1 Å². The van der Waals surface area contributed by atoms with Crippen molar-refractivity contribution in [2.75, 3.05) is 0 Å². The molecule has 1 aromatic carbocycles. The molecule has 5 nitrogen and oxygen atoms in total. The number of carbonyl (C=O) groups is 2. The largest absolute Gasteiger partial charge is 0.507 e. The lowest BCUT2D eigenvalue weighted by molar-refractivity contribution is -0.141.